The van der Waals surface area contributed by atoms with Gasteiger partial charge in [-0.05, 0) is 18.2 Å². The quantitative estimate of drug-likeness (QED) is 0.453. The third-order valence-electron chi connectivity index (χ3n) is 4.38. The Labute approximate surface area is 139 Å². The second-order valence-electron chi connectivity index (χ2n) is 5.64. The predicted molar refractivity (Wildman–Crippen MR) is 89.0 cm³/mol. The minimum atomic E-state index is 0.0613. The normalized spacial score (nSPS) is 12.0. The second-order valence-corrected chi connectivity index (χ2v) is 5.64. The molecule has 2 aromatic heterocycles. The standard InChI is InChI=1S/C17H17N5O2/c1-21-16-10(8-20-21)6-14-15(17(18)24-3)19-9-22(14)13-5-4-11(23-2)7-12(13)16/h4-5,7-9,18H,6H2,1-3H3. The van der Waals surface area contributed by atoms with Crippen LogP contribution in [0.2, 0.25) is 0 Å². The van der Waals surface area contributed by atoms with Crippen LogP contribution >= 0.6 is 0 Å². The molecule has 0 saturated heterocycles. The summed E-state index contributed by atoms with van der Waals surface area (Å²) in [5.74, 6) is 0.848. The molecule has 3 heterocycles. The van der Waals surface area contributed by atoms with Gasteiger partial charge in [-0.1, -0.05) is 0 Å². The van der Waals surface area contributed by atoms with E-state index in [1.165, 1.54) is 7.11 Å². The number of imidazole rings is 1. The fourth-order valence-electron chi connectivity index (χ4n) is 3.22. The predicted octanol–water partition coefficient (Wildman–Crippen LogP) is 2.16. The van der Waals surface area contributed by atoms with Gasteiger partial charge in [-0.2, -0.15) is 5.10 Å². The van der Waals surface area contributed by atoms with Gasteiger partial charge in [-0.25, -0.2) is 4.98 Å². The Morgan fingerprint density at radius 1 is 1.29 bits per heavy atom. The lowest BCUT2D eigenvalue weighted by atomic mass is 10.0. The van der Waals surface area contributed by atoms with Crippen LogP contribution in [-0.2, 0) is 18.2 Å². The summed E-state index contributed by atoms with van der Waals surface area (Å²) in [5.41, 5.74) is 5.60. The van der Waals surface area contributed by atoms with E-state index < -0.39 is 0 Å². The first-order chi connectivity index (χ1) is 11.6. The Kier molecular flexibility index (Phi) is 3.16. The lowest BCUT2D eigenvalue weighted by molar-refractivity contribution is 0.399. The van der Waals surface area contributed by atoms with Gasteiger partial charge in [-0.15, -0.1) is 0 Å². The number of hydrogen-bond donors (Lipinski definition) is 1. The van der Waals surface area contributed by atoms with Crippen molar-refractivity contribution in [2.45, 2.75) is 6.42 Å². The highest BCUT2D eigenvalue weighted by Gasteiger charge is 2.26. The van der Waals surface area contributed by atoms with E-state index in [0.29, 0.717) is 12.1 Å². The number of aromatic nitrogens is 4. The van der Waals surface area contributed by atoms with E-state index in [2.05, 4.69) is 10.1 Å². The molecule has 122 valence electrons. The van der Waals surface area contributed by atoms with Crippen molar-refractivity contribution in [1.29, 1.82) is 5.41 Å². The highest BCUT2D eigenvalue weighted by molar-refractivity contribution is 5.91. The molecule has 0 aliphatic carbocycles. The first kappa shape index (κ1) is 14.5. The maximum atomic E-state index is 8.00. The SMILES string of the molecule is COC(=N)c1ncn2c1Cc1cnn(C)c1-c1cc(OC)ccc1-2. The monoisotopic (exact) mass is 323 g/mol. The number of aryl methyl sites for hydroxylation is 1. The first-order valence-electron chi connectivity index (χ1n) is 7.52. The van der Waals surface area contributed by atoms with Crippen molar-refractivity contribution in [3.8, 4) is 22.7 Å². The molecule has 3 aromatic rings. The topological polar surface area (TPSA) is 78.0 Å². The van der Waals surface area contributed by atoms with E-state index in [9.17, 15) is 0 Å². The number of hydrogen-bond acceptors (Lipinski definition) is 5. The van der Waals surface area contributed by atoms with Crippen molar-refractivity contribution in [2.75, 3.05) is 14.2 Å². The van der Waals surface area contributed by atoms with E-state index in [4.69, 9.17) is 14.9 Å². The smallest absolute Gasteiger partial charge is 0.234 e. The molecular weight excluding hydrogens is 306 g/mol. The molecule has 0 fully saturated rings. The molecular formula is C17H17N5O2. The maximum absolute atomic E-state index is 8.00. The van der Waals surface area contributed by atoms with Crippen LogP contribution in [0.3, 0.4) is 0 Å². The summed E-state index contributed by atoms with van der Waals surface area (Å²) in [6.07, 6.45) is 4.23. The van der Waals surface area contributed by atoms with Gasteiger partial charge >= 0.3 is 0 Å². The Bertz CT molecular complexity index is 954. The van der Waals surface area contributed by atoms with Crippen molar-refractivity contribution in [2.24, 2.45) is 7.05 Å². The number of methoxy groups -OCH3 is 2. The minimum absolute atomic E-state index is 0.0613. The van der Waals surface area contributed by atoms with Crippen LogP contribution in [0.1, 0.15) is 17.0 Å². The fraction of sp³-hybridized carbons (Fsp3) is 0.235. The van der Waals surface area contributed by atoms with Gasteiger partial charge in [0.15, 0.2) is 0 Å². The molecule has 1 aliphatic heterocycles. The number of fused-ring (bicyclic) bond motifs is 5. The number of rotatable bonds is 2. The lowest BCUT2D eigenvalue weighted by Crippen LogP contribution is -2.08. The van der Waals surface area contributed by atoms with Crippen LogP contribution in [0.5, 0.6) is 5.75 Å². The minimum Gasteiger partial charge on any atom is -0.497 e. The highest BCUT2D eigenvalue weighted by atomic mass is 16.5. The Balaban J connectivity index is 2.04. The maximum Gasteiger partial charge on any atom is 0.234 e. The van der Waals surface area contributed by atoms with Crippen molar-refractivity contribution >= 4 is 5.90 Å². The van der Waals surface area contributed by atoms with Gasteiger partial charge in [-0.3, -0.25) is 10.1 Å². The Morgan fingerprint density at radius 3 is 2.88 bits per heavy atom. The van der Waals surface area contributed by atoms with Crippen LogP contribution in [-0.4, -0.2) is 39.4 Å². The number of nitrogens with zero attached hydrogens (tertiary/aromatic N) is 4. The molecule has 0 unspecified atom stereocenters. The van der Waals surface area contributed by atoms with Crippen LogP contribution < -0.4 is 4.74 Å². The summed E-state index contributed by atoms with van der Waals surface area (Å²) in [6, 6.07) is 5.93. The van der Waals surface area contributed by atoms with Crippen LogP contribution in [0, 0.1) is 5.41 Å². The molecule has 0 bridgehead atoms. The molecule has 0 saturated carbocycles. The zero-order valence-corrected chi connectivity index (χ0v) is 13.7. The number of benzene rings is 1. The summed E-state index contributed by atoms with van der Waals surface area (Å²) in [6.45, 7) is 0. The summed E-state index contributed by atoms with van der Waals surface area (Å²) >= 11 is 0. The zero-order chi connectivity index (χ0) is 16.8. The summed E-state index contributed by atoms with van der Waals surface area (Å²) in [7, 11) is 5.07. The zero-order valence-electron chi connectivity index (χ0n) is 13.7. The van der Waals surface area contributed by atoms with E-state index in [1.54, 1.807) is 13.4 Å². The Hall–Kier alpha value is -3.09. The van der Waals surface area contributed by atoms with Crippen molar-refractivity contribution in [1.82, 2.24) is 19.3 Å². The summed E-state index contributed by atoms with van der Waals surface area (Å²) in [5, 5.41) is 12.4. The molecule has 4 rings (SSSR count). The molecule has 0 amide bonds. The molecule has 1 aromatic carbocycles. The summed E-state index contributed by atoms with van der Waals surface area (Å²) < 4.78 is 14.4. The van der Waals surface area contributed by atoms with Crippen molar-refractivity contribution < 1.29 is 9.47 Å². The van der Waals surface area contributed by atoms with Gasteiger partial charge < -0.3 is 14.0 Å². The molecule has 0 spiro atoms. The fourth-order valence-corrected chi connectivity index (χ4v) is 3.22. The van der Waals surface area contributed by atoms with E-state index >= 15 is 0 Å². The van der Waals surface area contributed by atoms with E-state index in [-0.39, 0.29) is 5.90 Å². The molecule has 1 N–H and O–H groups in total. The highest BCUT2D eigenvalue weighted by Crippen LogP contribution is 2.37. The number of ether oxygens (including phenoxy) is 2. The van der Waals surface area contributed by atoms with E-state index in [0.717, 1.165) is 34.0 Å². The van der Waals surface area contributed by atoms with Crippen LogP contribution in [0.15, 0.2) is 30.7 Å². The Morgan fingerprint density at radius 2 is 2.12 bits per heavy atom. The van der Waals surface area contributed by atoms with Gasteiger partial charge in [0.05, 0.1) is 37.5 Å². The van der Waals surface area contributed by atoms with Gasteiger partial charge in [0, 0.05) is 24.6 Å². The van der Waals surface area contributed by atoms with Crippen LogP contribution in [0.25, 0.3) is 16.9 Å². The molecule has 7 nitrogen and oxygen atoms in total. The molecule has 1 aliphatic rings. The van der Waals surface area contributed by atoms with Crippen molar-refractivity contribution in [3.63, 3.8) is 0 Å². The lowest BCUT2D eigenvalue weighted by Gasteiger charge is -2.12. The number of nitrogens with one attached hydrogen (secondary N) is 1. The molecule has 0 atom stereocenters. The molecule has 0 radical (unpaired) electrons. The van der Waals surface area contributed by atoms with Gasteiger partial charge in [0.25, 0.3) is 0 Å². The third kappa shape index (κ3) is 1.94. The largest absolute Gasteiger partial charge is 0.497 e. The summed E-state index contributed by atoms with van der Waals surface area (Å²) in [4.78, 5) is 4.39. The van der Waals surface area contributed by atoms with Crippen LogP contribution in [0.4, 0.5) is 0 Å². The third-order valence-corrected chi connectivity index (χ3v) is 4.38. The van der Waals surface area contributed by atoms with Crippen molar-refractivity contribution in [3.05, 3.63) is 47.7 Å². The molecule has 7 heteroatoms. The first-order valence-corrected chi connectivity index (χ1v) is 7.52. The average Bonchev–Trinajstić information content (AvgIpc) is 3.14. The van der Waals surface area contributed by atoms with Gasteiger partial charge in [0.2, 0.25) is 5.90 Å². The second kappa shape index (κ2) is 5.23. The average molecular weight is 323 g/mol. The van der Waals surface area contributed by atoms with Gasteiger partial charge in [0.1, 0.15) is 17.8 Å². The molecule has 24 heavy (non-hydrogen) atoms. The van der Waals surface area contributed by atoms with E-state index in [1.807, 2.05) is 40.7 Å².